The smallest absolute Gasteiger partial charge is 0.257 e. The molecule has 5 heteroatoms. The molecule has 0 saturated heterocycles. The largest absolute Gasteiger partial charge is 0.345 e. The Bertz CT molecular complexity index is 594. The lowest BCUT2D eigenvalue weighted by molar-refractivity contribution is 0.0932. The molecule has 20 heavy (non-hydrogen) atoms. The van der Waals surface area contributed by atoms with Gasteiger partial charge in [-0.3, -0.25) is 4.79 Å². The minimum atomic E-state index is -0.888. The molecule has 0 fully saturated rings. The Kier molecular flexibility index (Phi) is 4.29. The van der Waals surface area contributed by atoms with Crippen molar-refractivity contribution < 1.29 is 13.6 Å². The molecule has 0 aliphatic heterocycles. The first-order valence-electron chi connectivity index (χ1n) is 6.39. The molecule has 1 aromatic carbocycles. The monoisotopic (exact) mass is 278 g/mol. The van der Waals surface area contributed by atoms with Gasteiger partial charge in [0.1, 0.15) is 17.2 Å². The van der Waals surface area contributed by atoms with E-state index in [1.807, 2.05) is 25.2 Å². The van der Waals surface area contributed by atoms with Crippen molar-refractivity contribution in [2.75, 3.05) is 0 Å². The molecule has 1 aliphatic carbocycles. The van der Waals surface area contributed by atoms with E-state index in [1.54, 1.807) is 0 Å². The van der Waals surface area contributed by atoms with Gasteiger partial charge in [-0.05, 0) is 25.0 Å². The van der Waals surface area contributed by atoms with Crippen LogP contribution in [-0.2, 0) is 6.54 Å². The van der Waals surface area contributed by atoms with Crippen molar-refractivity contribution in [3.05, 3.63) is 58.7 Å². The van der Waals surface area contributed by atoms with Gasteiger partial charge in [-0.2, -0.15) is 0 Å². The van der Waals surface area contributed by atoms with Crippen molar-refractivity contribution >= 4 is 5.91 Å². The summed E-state index contributed by atoms with van der Waals surface area (Å²) in [6.07, 6.45) is 6.32. The second kappa shape index (κ2) is 5.96. The molecule has 0 saturated carbocycles. The van der Waals surface area contributed by atoms with Crippen LogP contribution in [0, 0.1) is 11.6 Å². The van der Waals surface area contributed by atoms with E-state index < -0.39 is 23.1 Å². The summed E-state index contributed by atoms with van der Waals surface area (Å²) in [6, 6.07) is 2.11. The first-order valence-corrected chi connectivity index (χ1v) is 6.39. The van der Waals surface area contributed by atoms with Crippen LogP contribution in [0.2, 0.25) is 0 Å². The van der Waals surface area contributed by atoms with Gasteiger partial charge < -0.3 is 11.1 Å². The molecule has 1 atom stereocenters. The molecule has 106 valence electrons. The number of carbonyl (C=O) groups is 1. The van der Waals surface area contributed by atoms with E-state index >= 15 is 0 Å². The second-order valence-electron chi connectivity index (χ2n) is 4.57. The fourth-order valence-corrected chi connectivity index (χ4v) is 2.08. The minimum Gasteiger partial charge on any atom is -0.345 e. The number of halogens is 2. The predicted octanol–water partition coefficient (Wildman–Crippen LogP) is 2.43. The molecular formula is C15H16F2N2O. The number of hydrogen-bond acceptors (Lipinski definition) is 2. The fraction of sp³-hybridized carbons (Fsp3) is 0.267. The van der Waals surface area contributed by atoms with E-state index in [0.29, 0.717) is 6.42 Å². The highest BCUT2D eigenvalue weighted by Gasteiger charge is 2.26. The zero-order chi connectivity index (χ0) is 14.7. The maximum atomic E-state index is 14.0. The number of benzene rings is 1. The summed E-state index contributed by atoms with van der Waals surface area (Å²) in [5, 5.41) is 2.62. The standard InChI is InChI=1S/C15H16F2N2O/c1-2-3-9-5-7-12(9)19-15(20)13-11(16)6-4-10(8-18)14(13)17/h2-6,12H,7-8,18H2,1H3,(H,19,20)/b3-2-/t12-/m1/s1. The van der Waals surface area contributed by atoms with Gasteiger partial charge in [-0.25, -0.2) is 8.78 Å². The van der Waals surface area contributed by atoms with E-state index in [-0.39, 0.29) is 18.2 Å². The number of amides is 1. The van der Waals surface area contributed by atoms with Crippen LogP contribution in [0.5, 0.6) is 0 Å². The average Bonchev–Trinajstić information content (AvgIpc) is 2.41. The van der Waals surface area contributed by atoms with E-state index in [0.717, 1.165) is 11.6 Å². The zero-order valence-electron chi connectivity index (χ0n) is 11.1. The Morgan fingerprint density at radius 3 is 2.80 bits per heavy atom. The Balaban J connectivity index is 2.20. The van der Waals surface area contributed by atoms with Crippen LogP contribution in [-0.4, -0.2) is 11.9 Å². The van der Waals surface area contributed by atoms with Gasteiger partial charge in [-0.15, -0.1) is 0 Å². The fourth-order valence-electron chi connectivity index (χ4n) is 2.08. The summed E-state index contributed by atoms with van der Waals surface area (Å²) in [4.78, 5) is 12.0. The maximum absolute atomic E-state index is 14.0. The average molecular weight is 278 g/mol. The minimum absolute atomic E-state index is 0.0838. The van der Waals surface area contributed by atoms with Gasteiger partial charge >= 0.3 is 0 Å². The van der Waals surface area contributed by atoms with Gasteiger partial charge in [0.15, 0.2) is 0 Å². The van der Waals surface area contributed by atoms with Crippen LogP contribution in [0.4, 0.5) is 8.78 Å². The van der Waals surface area contributed by atoms with Crippen molar-refractivity contribution in [1.29, 1.82) is 0 Å². The van der Waals surface area contributed by atoms with E-state index in [4.69, 9.17) is 5.73 Å². The van der Waals surface area contributed by atoms with Gasteiger partial charge in [0.05, 0.1) is 6.04 Å². The third-order valence-electron chi connectivity index (χ3n) is 3.27. The van der Waals surface area contributed by atoms with Crippen LogP contribution < -0.4 is 11.1 Å². The quantitative estimate of drug-likeness (QED) is 0.888. The third kappa shape index (κ3) is 2.63. The molecule has 1 amide bonds. The highest BCUT2D eigenvalue weighted by atomic mass is 19.1. The van der Waals surface area contributed by atoms with Crippen LogP contribution in [0.25, 0.3) is 0 Å². The Labute approximate surface area is 116 Å². The van der Waals surface area contributed by atoms with Crippen LogP contribution in [0.3, 0.4) is 0 Å². The van der Waals surface area contributed by atoms with Crippen molar-refractivity contribution in [2.45, 2.75) is 25.9 Å². The highest BCUT2D eigenvalue weighted by molar-refractivity contribution is 5.95. The molecule has 3 nitrogen and oxygen atoms in total. The molecule has 0 aromatic heterocycles. The lowest BCUT2D eigenvalue weighted by Crippen LogP contribution is -2.40. The number of nitrogens with one attached hydrogen (secondary N) is 1. The molecule has 0 spiro atoms. The van der Waals surface area contributed by atoms with E-state index in [2.05, 4.69) is 5.32 Å². The second-order valence-corrected chi connectivity index (χ2v) is 4.57. The summed E-state index contributed by atoms with van der Waals surface area (Å²) in [6.45, 7) is 1.78. The number of nitrogens with two attached hydrogens (primary N) is 1. The SMILES string of the molecule is C/C=C\C1=CC[C@H]1NC(=O)c1c(F)ccc(CN)c1F. The maximum Gasteiger partial charge on any atom is 0.257 e. The van der Waals surface area contributed by atoms with Gasteiger partial charge in [0.25, 0.3) is 5.91 Å². The molecule has 1 aromatic rings. The molecule has 0 unspecified atom stereocenters. The first-order chi connectivity index (χ1) is 9.58. The van der Waals surface area contributed by atoms with E-state index in [1.165, 1.54) is 6.07 Å². The van der Waals surface area contributed by atoms with E-state index in [9.17, 15) is 13.6 Å². The number of hydrogen-bond donors (Lipinski definition) is 2. The van der Waals surface area contributed by atoms with Crippen molar-refractivity contribution in [2.24, 2.45) is 5.73 Å². The van der Waals surface area contributed by atoms with Crippen molar-refractivity contribution in [3.63, 3.8) is 0 Å². The van der Waals surface area contributed by atoms with Crippen LogP contribution >= 0.6 is 0 Å². The summed E-state index contributed by atoms with van der Waals surface area (Å²) < 4.78 is 27.7. The molecular weight excluding hydrogens is 262 g/mol. The topological polar surface area (TPSA) is 55.1 Å². The predicted molar refractivity (Wildman–Crippen MR) is 73.0 cm³/mol. The molecule has 0 radical (unpaired) electrons. The summed E-state index contributed by atoms with van der Waals surface area (Å²) in [7, 11) is 0. The lowest BCUT2D eigenvalue weighted by Gasteiger charge is -2.26. The molecule has 3 N–H and O–H groups in total. The highest BCUT2D eigenvalue weighted by Crippen LogP contribution is 2.22. The van der Waals surface area contributed by atoms with Crippen LogP contribution in [0.1, 0.15) is 29.3 Å². The van der Waals surface area contributed by atoms with Crippen molar-refractivity contribution in [1.82, 2.24) is 5.32 Å². The normalized spacial score (nSPS) is 17.8. The summed E-state index contributed by atoms with van der Waals surface area (Å²) >= 11 is 0. The Hall–Kier alpha value is -2.01. The molecule has 0 bridgehead atoms. The Morgan fingerprint density at radius 2 is 2.25 bits per heavy atom. The summed E-state index contributed by atoms with van der Waals surface area (Å²) in [5.74, 6) is -2.52. The molecule has 2 rings (SSSR count). The van der Waals surface area contributed by atoms with Crippen molar-refractivity contribution in [3.8, 4) is 0 Å². The number of rotatable bonds is 4. The number of carbonyl (C=O) groups excluding carboxylic acids is 1. The molecule has 1 aliphatic rings. The first kappa shape index (κ1) is 14.4. The van der Waals surface area contributed by atoms with Gasteiger partial charge in [0.2, 0.25) is 0 Å². The van der Waals surface area contributed by atoms with Crippen LogP contribution in [0.15, 0.2) is 35.9 Å². The Morgan fingerprint density at radius 1 is 1.50 bits per heavy atom. The zero-order valence-corrected chi connectivity index (χ0v) is 11.1. The third-order valence-corrected chi connectivity index (χ3v) is 3.27. The summed E-state index contributed by atoms with van der Waals surface area (Å²) in [5.41, 5.74) is 5.85. The van der Waals surface area contributed by atoms with Gasteiger partial charge in [-0.1, -0.05) is 24.3 Å². The van der Waals surface area contributed by atoms with Gasteiger partial charge in [0, 0.05) is 12.1 Å². The number of allylic oxidation sites excluding steroid dienone is 1. The lowest BCUT2D eigenvalue weighted by atomic mass is 9.91. The molecule has 0 heterocycles.